The Morgan fingerprint density at radius 1 is 1.39 bits per heavy atom. The fourth-order valence-corrected chi connectivity index (χ4v) is 1.80. The van der Waals surface area contributed by atoms with Gasteiger partial charge >= 0.3 is 0 Å². The fourth-order valence-electron chi connectivity index (χ4n) is 1.80. The molecule has 7 nitrogen and oxygen atoms in total. The molecule has 0 aliphatic heterocycles. The van der Waals surface area contributed by atoms with Gasteiger partial charge in [0.05, 0.1) is 13.1 Å². The van der Waals surface area contributed by atoms with E-state index in [0.29, 0.717) is 28.5 Å². The molecule has 0 atom stereocenters. The second-order valence-electron chi connectivity index (χ2n) is 4.89. The minimum Gasteiger partial charge on any atom is -0.361 e. The number of H-pyrrole nitrogens is 1. The first-order chi connectivity index (χ1) is 11.0. The second-order valence-corrected chi connectivity index (χ2v) is 4.89. The molecule has 0 fully saturated rings. The van der Waals surface area contributed by atoms with Crippen molar-refractivity contribution in [3.63, 3.8) is 0 Å². The number of aromatic nitrogens is 3. The summed E-state index contributed by atoms with van der Waals surface area (Å²) in [5, 5.41) is 5.42. The lowest BCUT2D eigenvalue weighted by Gasteiger charge is -2.07. The molecule has 0 saturated carbocycles. The number of carbonyl (C=O) groups is 1. The summed E-state index contributed by atoms with van der Waals surface area (Å²) >= 11 is 0. The Kier molecular flexibility index (Phi) is 5.10. The Labute approximate surface area is 133 Å². The van der Waals surface area contributed by atoms with E-state index in [0.717, 1.165) is 0 Å². The molecular formula is C16H17N5O2. The summed E-state index contributed by atoms with van der Waals surface area (Å²) in [6, 6.07) is 3.47. The lowest BCUT2D eigenvalue weighted by Crippen LogP contribution is -2.30. The number of rotatable bonds is 5. The van der Waals surface area contributed by atoms with E-state index in [1.807, 2.05) is 0 Å². The normalized spacial score (nSPS) is 9.96. The smallest absolute Gasteiger partial charge is 0.254 e. The average Bonchev–Trinajstić information content (AvgIpc) is 2.56. The van der Waals surface area contributed by atoms with Crippen molar-refractivity contribution in [2.24, 2.45) is 0 Å². The predicted octanol–water partition coefficient (Wildman–Crippen LogP) is 0.610. The van der Waals surface area contributed by atoms with E-state index in [1.165, 1.54) is 0 Å². The van der Waals surface area contributed by atoms with E-state index >= 15 is 0 Å². The molecule has 0 radical (unpaired) electrons. The number of hydrogen-bond acceptors (Lipinski definition) is 5. The number of aromatic amines is 1. The van der Waals surface area contributed by atoms with Crippen molar-refractivity contribution in [1.29, 1.82) is 0 Å². The molecule has 0 aromatic carbocycles. The highest BCUT2D eigenvalue weighted by Crippen LogP contribution is 2.15. The van der Waals surface area contributed by atoms with E-state index < -0.39 is 0 Å². The zero-order valence-corrected chi connectivity index (χ0v) is 12.9. The van der Waals surface area contributed by atoms with Crippen molar-refractivity contribution in [2.45, 2.75) is 13.8 Å². The maximum absolute atomic E-state index is 11.8. The van der Waals surface area contributed by atoms with Crippen molar-refractivity contribution in [1.82, 2.24) is 20.3 Å². The highest BCUT2D eigenvalue weighted by molar-refractivity contribution is 5.80. The molecule has 118 valence electrons. The summed E-state index contributed by atoms with van der Waals surface area (Å²) in [4.78, 5) is 34.5. The van der Waals surface area contributed by atoms with Crippen molar-refractivity contribution >= 4 is 11.7 Å². The third-order valence-electron chi connectivity index (χ3n) is 3.25. The van der Waals surface area contributed by atoms with Gasteiger partial charge < -0.3 is 15.6 Å². The van der Waals surface area contributed by atoms with Crippen LogP contribution in [0.25, 0.3) is 11.4 Å². The van der Waals surface area contributed by atoms with Crippen molar-refractivity contribution in [3.05, 3.63) is 39.9 Å². The zero-order chi connectivity index (χ0) is 16.8. The molecular weight excluding hydrogens is 294 g/mol. The first-order valence-corrected chi connectivity index (χ1v) is 6.99. The Balaban J connectivity index is 2.07. The van der Waals surface area contributed by atoms with Gasteiger partial charge in [-0.05, 0) is 26.0 Å². The van der Waals surface area contributed by atoms with Gasteiger partial charge in [0, 0.05) is 23.0 Å². The minimum absolute atomic E-state index is 0.0761. The van der Waals surface area contributed by atoms with E-state index in [4.69, 9.17) is 6.42 Å². The van der Waals surface area contributed by atoms with E-state index in [1.54, 1.807) is 32.2 Å². The summed E-state index contributed by atoms with van der Waals surface area (Å²) in [6.07, 6.45) is 6.64. The van der Waals surface area contributed by atoms with Crippen LogP contribution in [0.2, 0.25) is 0 Å². The molecule has 7 heteroatoms. The standard InChI is InChI=1S/C16H17N5O2/c1-4-7-17-14(22)9-19-13-6-5-12(8-18-13)15-20-11(3)10(2)16(23)21-15/h1,5-6,8H,7,9H2,2-3H3,(H,17,22)(H,18,19)(H,20,21,23). The van der Waals surface area contributed by atoms with Crippen LogP contribution in [0.3, 0.4) is 0 Å². The molecule has 2 rings (SSSR count). The van der Waals surface area contributed by atoms with Crippen molar-refractivity contribution in [2.75, 3.05) is 18.4 Å². The zero-order valence-electron chi connectivity index (χ0n) is 12.9. The highest BCUT2D eigenvalue weighted by atomic mass is 16.2. The molecule has 2 aromatic heterocycles. The van der Waals surface area contributed by atoms with Gasteiger partial charge in [-0.15, -0.1) is 6.42 Å². The van der Waals surface area contributed by atoms with Crippen LogP contribution < -0.4 is 16.2 Å². The van der Waals surface area contributed by atoms with Gasteiger partial charge in [0.1, 0.15) is 11.6 Å². The first kappa shape index (κ1) is 16.2. The van der Waals surface area contributed by atoms with Crippen LogP contribution in [0.4, 0.5) is 5.82 Å². The molecule has 2 heterocycles. The van der Waals surface area contributed by atoms with Crippen LogP contribution >= 0.6 is 0 Å². The number of hydrogen-bond donors (Lipinski definition) is 3. The Morgan fingerprint density at radius 2 is 2.17 bits per heavy atom. The van der Waals surface area contributed by atoms with Crippen molar-refractivity contribution < 1.29 is 4.79 Å². The highest BCUT2D eigenvalue weighted by Gasteiger charge is 2.07. The largest absolute Gasteiger partial charge is 0.361 e. The maximum atomic E-state index is 11.8. The monoisotopic (exact) mass is 311 g/mol. The molecule has 0 unspecified atom stereocenters. The van der Waals surface area contributed by atoms with E-state index in [-0.39, 0.29) is 24.6 Å². The summed E-state index contributed by atoms with van der Waals surface area (Å²) in [6.45, 7) is 3.78. The Hall–Kier alpha value is -3.14. The third kappa shape index (κ3) is 4.17. The summed E-state index contributed by atoms with van der Waals surface area (Å²) in [5.41, 5.74) is 1.79. The van der Waals surface area contributed by atoms with Crippen LogP contribution in [0, 0.1) is 26.2 Å². The molecule has 0 saturated heterocycles. The number of aryl methyl sites for hydroxylation is 1. The number of nitrogens with one attached hydrogen (secondary N) is 3. The Morgan fingerprint density at radius 3 is 2.78 bits per heavy atom. The second kappa shape index (κ2) is 7.22. The van der Waals surface area contributed by atoms with Crippen molar-refractivity contribution in [3.8, 4) is 23.7 Å². The van der Waals surface area contributed by atoms with Crippen LogP contribution in [-0.4, -0.2) is 33.9 Å². The fraction of sp³-hybridized carbons (Fsp3) is 0.250. The maximum Gasteiger partial charge on any atom is 0.254 e. The lowest BCUT2D eigenvalue weighted by atomic mass is 10.2. The van der Waals surface area contributed by atoms with Gasteiger partial charge in [-0.1, -0.05) is 5.92 Å². The minimum atomic E-state index is -0.214. The molecule has 23 heavy (non-hydrogen) atoms. The number of amides is 1. The molecule has 0 aliphatic rings. The number of terminal acetylenes is 1. The predicted molar refractivity (Wildman–Crippen MR) is 87.9 cm³/mol. The Bertz CT molecular complexity index is 803. The first-order valence-electron chi connectivity index (χ1n) is 6.99. The van der Waals surface area contributed by atoms with Gasteiger partial charge in [0.2, 0.25) is 5.91 Å². The van der Waals surface area contributed by atoms with Crippen LogP contribution in [0.5, 0.6) is 0 Å². The van der Waals surface area contributed by atoms with Crippen LogP contribution in [0.15, 0.2) is 23.1 Å². The van der Waals surface area contributed by atoms with Gasteiger partial charge in [-0.25, -0.2) is 9.97 Å². The van der Waals surface area contributed by atoms with E-state index in [9.17, 15) is 9.59 Å². The number of carbonyl (C=O) groups excluding carboxylic acids is 1. The molecule has 3 N–H and O–H groups in total. The molecule has 0 aliphatic carbocycles. The molecule has 1 amide bonds. The number of anilines is 1. The van der Waals surface area contributed by atoms with Gasteiger partial charge in [0.15, 0.2) is 0 Å². The van der Waals surface area contributed by atoms with Crippen LogP contribution in [0.1, 0.15) is 11.3 Å². The molecule has 0 spiro atoms. The summed E-state index contributed by atoms with van der Waals surface area (Å²) in [5.74, 6) is 3.11. The summed E-state index contributed by atoms with van der Waals surface area (Å²) in [7, 11) is 0. The molecule has 0 bridgehead atoms. The summed E-state index contributed by atoms with van der Waals surface area (Å²) < 4.78 is 0. The average molecular weight is 311 g/mol. The van der Waals surface area contributed by atoms with Crippen LogP contribution in [-0.2, 0) is 4.79 Å². The third-order valence-corrected chi connectivity index (χ3v) is 3.25. The quantitative estimate of drug-likeness (QED) is 0.703. The topological polar surface area (TPSA) is 99.8 Å². The van der Waals surface area contributed by atoms with E-state index in [2.05, 4.69) is 31.5 Å². The number of nitrogens with zero attached hydrogens (tertiary/aromatic N) is 2. The molecule has 2 aromatic rings. The lowest BCUT2D eigenvalue weighted by molar-refractivity contribution is -0.119. The number of pyridine rings is 1. The van der Waals surface area contributed by atoms with Gasteiger partial charge in [-0.2, -0.15) is 0 Å². The SMILES string of the molecule is C#CCNC(=O)CNc1ccc(-c2nc(C)c(C)c(=O)[nH]2)cn1. The van der Waals surface area contributed by atoms with Gasteiger partial charge in [-0.3, -0.25) is 9.59 Å². The van der Waals surface area contributed by atoms with Gasteiger partial charge in [0.25, 0.3) is 5.56 Å².